The van der Waals surface area contributed by atoms with Crippen LogP contribution in [0.5, 0.6) is 17.2 Å². The van der Waals surface area contributed by atoms with E-state index in [0.717, 1.165) is 19.3 Å². The third kappa shape index (κ3) is 7.10. The number of aliphatic hydroxyl groups excluding tert-OH is 1. The molecule has 1 aliphatic rings. The van der Waals surface area contributed by atoms with E-state index < -0.39 is 17.7 Å². The fraction of sp³-hybridized carbons (Fsp3) is 0.333. The molecule has 0 bridgehead atoms. The van der Waals surface area contributed by atoms with Crippen molar-refractivity contribution in [2.24, 2.45) is 0 Å². The Balaban J connectivity index is 1.68. The van der Waals surface area contributed by atoms with E-state index in [1.807, 2.05) is 62.4 Å². The number of carbonyl (C=O) groups is 2. The Hall–Kier alpha value is -4.10. The molecule has 4 rings (SSSR count). The Labute approximate surface area is 236 Å². The van der Waals surface area contributed by atoms with E-state index in [0.29, 0.717) is 35.0 Å². The highest BCUT2D eigenvalue weighted by atomic mass is 16.5. The number of unbranched alkanes of at least 4 members (excludes halogenated alkanes) is 2. The summed E-state index contributed by atoms with van der Waals surface area (Å²) in [6, 6.07) is 22.7. The molecule has 0 spiro atoms. The first-order chi connectivity index (χ1) is 19.4. The number of ether oxygens (including phenoxy) is 3. The maximum Gasteiger partial charge on any atom is 0.295 e. The Morgan fingerprint density at radius 2 is 1.60 bits per heavy atom. The number of ketones is 1. The van der Waals surface area contributed by atoms with Gasteiger partial charge in [0.05, 0.1) is 30.9 Å². The van der Waals surface area contributed by atoms with Crippen molar-refractivity contribution in [1.82, 2.24) is 4.90 Å². The predicted octanol–water partition coefficient (Wildman–Crippen LogP) is 6.89. The number of aliphatic hydroxyl groups is 1. The normalized spacial score (nSPS) is 16.5. The first kappa shape index (κ1) is 28.9. The molecule has 1 heterocycles. The molecule has 0 saturated carbocycles. The first-order valence-electron chi connectivity index (χ1n) is 13.8. The number of amides is 1. The van der Waals surface area contributed by atoms with E-state index >= 15 is 0 Å². The summed E-state index contributed by atoms with van der Waals surface area (Å²) in [6.45, 7) is 7.02. The summed E-state index contributed by atoms with van der Waals surface area (Å²) in [7, 11) is 0. The highest BCUT2D eigenvalue weighted by Crippen LogP contribution is 2.40. The lowest BCUT2D eigenvalue weighted by atomic mass is 9.95. The van der Waals surface area contributed by atoms with Gasteiger partial charge in [0.15, 0.2) is 0 Å². The van der Waals surface area contributed by atoms with Crippen molar-refractivity contribution in [3.05, 3.63) is 95.6 Å². The molecule has 1 N–H and O–H groups in total. The van der Waals surface area contributed by atoms with Gasteiger partial charge in [-0.05, 0) is 74.4 Å². The summed E-state index contributed by atoms with van der Waals surface area (Å²) < 4.78 is 17.5. The second kappa shape index (κ2) is 13.8. The van der Waals surface area contributed by atoms with Crippen LogP contribution in [0.15, 0.2) is 84.4 Å². The predicted molar refractivity (Wildman–Crippen MR) is 155 cm³/mol. The minimum Gasteiger partial charge on any atom is -0.507 e. The van der Waals surface area contributed by atoms with Gasteiger partial charge in [0.2, 0.25) is 0 Å². The number of hydrogen-bond donors (Lipinski definition) is 1. The van der Waals surface area contributed by atoms with Crippen LogP contribution in [0.4, 0.5) is 0 Å². The second-order valence-corrected chi connectivity index (χ2v) is 9.98. The molecule has 1 saturated heterocycles. The minimum atomic E-state index is -0.806. The van der Waals surface area contributed by atoms with Crippen LogP contribution in [0.3, 0.4) is 0 Å². The van der Waals surface area contributed by atoms with Gasteiger partial charge in [-0.25, -0.2) is 0 Å². The number of hydrogen-bond acceptors (Lipinski definition) is 6. The molecule has 0 radical (unpaired) electrons. The minimum absolute atomic E-state index is 0.0272. The number of para-hydroxylation sites is 1. The average molecular weight is 544 g/mol. The van der Waals surface area contributed by atoms with Crippen molar-refractivity contribution < 1.29 is 28.9 Å². The smallest absolute Gasteiger partial charge is 0.295 e. The number of Topliss-reactive ketones (excluding diaryl/α,β-unsaturated/α-hetero) is 1. The lowest BCUT2D eigenvalue weighted by Crippen LogP contribution is -2.33. The highest BCUT2D eigenvalue weighted by molar-refractivity contribution is 6.46. The molecule has 1 fully saturated rings. The van der Waals surface area contributed by atoms with Gasteiger partial charge >= 0.3 is 0 Å². The third-order valence-electron chi connectivity index (χ3n) is 6.62. The zero-order valence-electron chi connectivity index (χ0n) is 23.3. The second-order valence-electron chi connectivity index (χ2n) is 9.98. The molecule has 40 heavy (non-hydrogen) atoms. The number of benzene rings is 3. The monoisotopic (exact) mass is 543 g/mol. The molecular formula is C33H37NO6. The molecule has 0 aromatic heterocycles. The molecular weight excluding hydrogens is 506 g/mol. The Kier molecular flexibility index (Phi) is 9.97. The van der Waals surface area contributed by atoms with E-state index in [1.54, 1.807) is 30.3 Å². The molecule has 1 amide bonds. The van der Waals surface area contributed by atoms with Crippen LogP contribution in [0.2, 0.25) is 0 Å². The summed E-state index contributed by atoms with van der Waals surface area (Å²) in [4.78, 5) is 28.0. The molecule has 3 aromatic carbocycles. The van der Waals surface area contributed by atoms with Crippen molar-refractivity contribution in [2.45, 2.75) is 52.2 Å². The topological polar surface area (TPSA) is 85.3 Å². The van der Waals surface area contributed by atoms with Crippen LogP contribution in [0.1, 0.15) is 57.2 Å². The maximum atomic E-state index is 13.4. The molecule has 1 unspecified atom stereocenters. The van der Waals surface area contributed by atoms with E-state index in [1.165, 1.54) is 4.90 Å². The number of likely N-dealkylation sites (tertiary alicyclic amines) is 1. The van der Waals surface area contributed by atoms with E-state index in [9.17, 15) is 14.7 Å². The zero-order chi connectivity index (χ0) is 28.5. The molecule has 0 aliphatic carbocycles. The fourth-order valence-electron chi connectivity index (χ4n) is 4.62. The van der Waals surface area contributed by atoms with E-state index in [-0.39, 0.29) is 30.6 Å². The maximum absolute atomic E-state index is 13.4. The van der Waals surface area contributed by atoms with Crippen molar-refractivity contribution in [3.63, 3.8) is 0 Å². The highest BCUT2D eigenvalue weighted by Gasteiger charge is 2.46. The van der Waals surface area contributed by atoms with Crippen LogP contribution >= 0.6 is 0 Å². The quantitative estimate of drug-likeness (QED) is 0.109. The molecule has 210 valence electrons. The largest absolute Gasteiger partial charge is 0.507 e. The fourth-order valence-corrected chi connectivity index (χ4v) is 4.62. The molecule has 7 heteroatoms. The van der Waals surface area contributed by atoms with Gasteiger partial charge in [0, 0.05) is 12.1 Å². The van der Waals surface area contributed by atoms with Crippen molar-refractivity contribution in [1.29, 1.82) is 0 Å². The molecule has 3 aromatic rings. The van der Waals surface area contributed by atoms with Gasteiger partial charge in [-0.1, -0.05) is 50.1 Å². The third-order valence-corrected chi connectivity index (χ3v) is 6.62. The molecule has 1 aliphatic heterocycles. The SMILES string of the molecule is CCCCCOc1ccc(/C(O)=C2/C(=O)C(=O)N(CCOC(C)C)C2c2cccc(Oc3ccccc3)c2)cc1. The standard InChI is InChI=1S/C33H37NO6/c1-4-5-9-20-39-26-17-15-24(16-18-26)31(35)29-30(34(33(37)32(29)36)19-21-38-23(2)3)25-11-10-14-28(22-25)40-27-12-7-6-8-13-27/h6-8,10-18,22-23,30,35H,4-5,9,19-21H2,1-3H3/b31-29-. The Bertz CT molecular complexity index is 1320. The van der Waals surface area contributed by atoms with Crippen LogP contribution in [-0.4, -0.2) is 47.6 Å². The Morgan fingerprint density at radius 1 is 0.875 bits per heavy atom. The molecule has 7 nitrogen and oxygen atoms in total. The van der Waals surface area contributed by atoms with Gasteiger partial charge in [0.25, 0.3) is 11.7 Å². The van der Waals surface area contributed by atoms with Crippen molar-refractivity contribution in [3.8, 4) is 17.2 Å². The van der Waals surface area contributed by atoms with Gasteiger partial charge in [0.1, 0.15) is 23.0 Å². The van der Waals surface area contributed by atoms with Gasteiger partial charge in [-0.2, -0.15) is 0 Å². The summed E-state index contributed by atoms with van der Waals surface area (Å²) in [5.41, 5.74) is 1.11. The van der Waals surface area contributed by atoms with Crippen LogP contribution in [0.25, 0.3) is 5.76 Å². The Morgan fingerprint density at radius 3 is 2.30 bits per heavy atom. The van der Waals surface area contributed by atoms with Gasteiger partial charge < -0.3 is 24.2 Å². The van der Waals surface area contributed by atoms with Crippen molar-refractivity contribution >= 4 is 17.4 Å². The van der Waals surface area contributed by atoms with Crippen LogP contribution in [-0.2, 0) is 14.3 Å². The summed E-state index contributed by atoms with van der Waals surface area (Å²) in [5.74, 6) is 0.252. The summed E-state index contributed by atoms with van der Waals surface area (Å²) >= 11 is 0. The first-order valence-corrected chi connectivity index (χ1v) is 13.8. The van der Waals surface area contributed by atoms with Crippen LogP contribution < -0.4 is 9.47 Å². The zero-order valence-corrected chi connectivity index (χ0v) is 23.3. The lowest BCUT2D eigenvalue weighted by Gasteiger charge is -2.26. The summed E-state index contributed by atoms with van der Waals surface area (Å²) in [5, 5.41) is 11.4. The summed E-state index contributed by atoms with van der Waals surface area (Å²) in [6.07, 6.45) is 3.15. The number of carbonyl (C=O) groups excluding carboxylic acids is 2. The van der Waals surface area contributed by atoms with Crippen LogP contribution in [0, 0.1) is 0 Å². The van der Waals surface area contributed by atoms with Crippen molar-refractivity contribution in [2.75, 3.05) is 19.8 Å². The van der Waals surface area contributed by atoms with Gasteiger partial charge in [-0.3, -0.25) is 9.59 Å². The van der Waals surface area contributed by atoms with Gasteiger partial charge in [-0.15, -0.1) is 0 Å². The number of nitrogens with zero attached hydrogens (tertiary/aromatic N) is 1. The van der Waals surface area contributed by atoms with E-state index in [2.05, 4.69) is 6.92 Å². The average Bonchev–Trinajstić information content (AvgIpc) is 3.21. The van der Waals surface area contributed by atoms with E-state index in [4.69, 9.17) is 14.2 Å². The lowest BCUT2D eigenvalue weighted by molar-refractivity contribution is -0.140. The molecule has 1 atom stereocenters. The number of rotatable bonds is 13.